The van der Waals surface area contributed by atoms with Crippen molar-refractivity contribution < 1.29 is 17.7 Å². The van der Waals surface area contributed by atoms with Crippen LogP contribution in [-0.4, -0.2) is 51.6 Å². The third-order valence-electron chi connectivity index (χ3n) is 5.18. The van der Waals surface area contributed by atoms with Gasteiger partial charge in [-0.2, -0.15) is 9.29 Å². The predicted octanol–water partition coefficient (Wildman–Crippen LogP) is 2.19. The van der Waals surface area contributed by atoms with Gasteiger partial charge in [0.2, 0.25) is 11.7 Å². The van der Waals surface area contributed by atoms with Gasteiger partial charge < -0.3 is 13.8 Å². The molecule has 152 valence electrons. The second-order valence-electron chi connectivity index (χ2n) is 7.52. The van der Waals surface area contributed by atoms with Crippen LogP contribution < -0.4 is 4.74 Å². The summed E-state index contributed by atoms with van der Waals surface area (Å²) < 4.78 is 39.7. The number of nitrogens with zero attached hydrogens (tertiary/aromatic N) is 5. The van der Waals surface area contributed by atoms with Crippen molar-refractivity contribution in [2.45, 2.75) is 36.3 Å². The number of hydrogen-bond donors (Lipinski definition) is 0. The molecule has 1 aromatic carbocycles. The highest BCUT2D eigenvalue weighted by molar-refractivity contribution is 7.89. The second kappa shape index (κ2) is 6.96. The minimum Gasteiger partial charge on any atom is -0.489 e. The van der Waals surface area contributed by atoms with Crippen LogP contribution in [0.4, 0.5) is 0 Å². The fraction of sp³-hybridized carbons (Fsp3) is 0.421. The fourth-order valence-corrected chi connectivity index (χ4v) is 4.84. The van der Waals surface area contributed by atoms with Crippen molar-refractivity contribution in [3.05, 3.63) is 42.7 Å². The molecule has 0 bridgehead atoms. The van der Waals surface area contributed by atoms with Gasteiger partial charge >= 0.3 is 0 Å². The lowest BCUT2D eigenvalue weighted by molar-refractivity contribution is 0.215. The summed E-state index contributed by atoms with van der Waals surface area (Å²) in [6, 6.07) is 7.46. The molecule has 0 radical (unpaired) electrons. The first-order valence-electron chi connectivity index (χ1n) is 9.58. The molecule has 1 unspecified atom stereocenters. The molecule has 29 heavy (non-hydrogen) atoms. The van der Waals surface area contributed by atoms with E-state index in [9.17, 15) is 8.42 Å². The Kier molecular flexibility index (Phi) is 4.39. The lowest BCUT2D eigenvalue weighted by Crippen LogP contribution is -2.31. The third kappa shape index (κ3) is 3.65. The highest BCUT2D eigenvalue weighted by atomic mass is 32.2. The largest absolute Gasteiger partial charge is 0.489 e. The normalized spacial score (nSPS) is 20.2. The van der Waals surface area contributed by atoms with Crippen molar-refractivity contribution in [1.82, 2.24) is 24.0 Å². The fourth-order valence-electron chi connectivity index (χ4n) is 3.39. The number of imidazole rings is 1. The van der Waals surface area contributed by atoms with E-state index in [0.29, 0.717) is 42.9 Å². The summed E-state index contributed by atoms with van der Waals surface area (Å²) in [5.74, 6) is 2.39. The van der Waals surface area contributed by atoms with Crippen LogP contribution in [0.3, 0.4) is 0 Å². The van der Waals surface area contributed by atoms with Crippen LogP contribution in [0.15, 0.2) is 46.3 Å². The van der Waals surface area contributed by atoms with Crippen LogP contribution in [0, 0.1) is 0 Å². The van der Waals surface area contributed by atoms with E-state index in [4.69, 9.17) is 9.26 Å². The Bertz CT molecular complexity index is 1120. The van der Waals surface area contributed by atoms with Gasteiger partial charge in [-0.3, -0.25) is 0 Å². The standard InChI is InChI=1S/C19H21N5O4S/c1-23-11-17(20-12-23)29(25,26)24-9-8-16(10-24)27-15-6-4-13(5-7-15)18-21-19(28-22-18)14-2-3-14/h4-7,11-12,14,16H,2-3,8-10H2,1H3. The quantitative estimate of drug-likeness (QED) is 0.608. The first-order valence-corrected chi connectivity index (χ1v) is 11.0. The van der Waals surface area contributed by atoms with Crippen LogP contribution in [0.1, 0.15) is 31.1 Å². The number of sulfonamides is 1. The zero-order chi connectivity index (χ0) is 20.0. The molecular weight excluding hydrogens is 394 g/mol. The smallest absolute Gasteiger partial charge is 0.262 e. The van der Waals surface area contributed by atoms with E-state index in [1.165, 1.54) is 16.8 Å². The summed E-state index contributed by atoms with van der Waals surface area (Å²) in [5, 5.41) is 4.11. The van der Waals surface area contributed by atoms with Gasteiger partial charge in [0, 0.05) is 31.3 Å². The van der Waals surface area contributed by atoms with Crippen LogP contribution in [-0.2, 0) is 17.1 Å². The Hall–Kier alpha value is -2.72. The van der Waals surface area contributed by atoms with Gasteiger partial charge in [-0.1, -0.05) is 5.16 Å². The number of hydrogen-bond acceptors (Lipinski definition) is 7. The zero-order valence-corrected chi connectivity index (χ0v) is 16.7. The van der Waals surface area contributed by atoms with Crippen molar-refractivity contribution in [2.75, 3.05) is 13.1 Å². The van der Waals surface area contributed by atoms with Crippen LogP contribution in [0.2, 0.25) is 0 Å². The summed E-state index contributed by atoms with van der Waals surface area (Å²) in [4.78, 5) is 8.41. The summed E-state index contributed by atoms with van der Waals surface area (Å²) >= 11 is 0. The van der Waals surface area contributed by atoms with Crippen molar-refractivity contribution in [2.24, 2.45) is 7.05 Å². The van der Waals surface area contributed by atoms with E-state index in [-0.39, 0.29) is 11.1 Å². The minimum absolute atomic E-state index is 0.0654. The van der Waals surface area contributed by atoms with Crippen molar-refractivity contribution in [1.29, 1.82) is 0 Å². The highest BCUT2D eigenvalue weighted by Gasteiger charge is 2.35. The number of aromatic nitrogens is 4. The van der Waals surface area contributed by atoms with Crippen molar-refractivity contribution >= 4 is 10.0 Å². The monoisotopic (exact) mass is 415 g/mol. The average Bonchev–Trinajstić information content (AvgIpc) is 3.11. The molecule has 1 aliphatic heterocycles. The maximum atomic E-state index is 12.7. The molecule has 1 saturated heterocycles. The van der Waals surface area contributed by atoms with Gasteiger partial charge in [0.15, 0.2) is 5.03 Å². The second-order valence-corrected chi connectivity index (χ2v) is 9.41. The third-order valence-corrected chi connectivity index (χ3v) is 6.93. The van der Waals surface area contributed by atoms with Gasteiger partial charge in [-0.15, -0.1) is 0 Å². The number of aryl methyl sites for hydroxylation is 1. The van der Waals surface area contributed by atoms with Gasteiger partial charge in [-0.05, 0) is 43.5 Å². The maximum Gasteiger partial charge on any atom is 0.262 e. The van der Waals surface area contributed by atoms with E-state index in [1.54, 1.807) is 11.6 Å². The molecule has 2 fully saturated rings. The number of benzene rings is 1. The number of ether oxygens (including phenoxy) is 1. The Balaban J connectivity index is 1.23. The van der Waals surface area contributed by atoms with E-state index >= 15 is 0 Å². The van der Waals surface area contributed by atoms with Gasteiger partial charge in [-0.25, -0.2) is 13.4 Å². The van der Waals surface area contributed by atoms with Gasteiger partial charge in [0.05, 0.1) is 12.9 Å². The molecule has 0 amide bonds. The van der Waals surface area contributed by atoms with Crippen molar-refractivity contribution in [3.63, 3.8) is 0 Å². The lowest BCUT2D eigenvalue weighted by atomic mass is 10.2. The molecular formula is C19H21N5O4S. The van der Waals surface area contributed by atoms with E-state index in [1.807, 2.05) is 24.3 Å². The molecule has 2 aromatic heterocycles. The lowest BCUT2D eigenvalue weighted by Gasteiger charge is -2.16. The Morgan fingerprint density at radius 1 is 1.17 bits per heavy atom. The van der Waals surface area contributed by atoms with Crippen LogP contribution in [0.5, 0.6) is 5.75 Å². The Labute approximate surface area is 168 Å². The Morgan fingerprint density at radius 3 is 2.66 bits per heavy atom. The molecule has 1 saturated carbocycles. The number of rotatable bonds is 6. The molecule has 1 aliphatic carbocycles. The van der Waals surface area contributed by atoms with Crippen LogP contribution >= 0.6 is 0 Å². The van der Waals surface area contributed by atoms with Gasteiger partial charge in [0.25, 0.3) is 10.0 Å². The molecule has 9 nitrogen and oxygen atoms in total. The van der Waals surface area contributed by atoms with Crippen LogP contribution in [0.25, 0.3) is 11.4 Å². The topological polar surface area (TPSA) is 103 Å². The maximum absolute atomic E-state index is 12.7. The van der Waals surface area contributed by atoms with E-state index in [0.717, 1.165) is 18.4 Å². The average molecular weight is 415 g/mol. The predicted molar refractivity (Wildman–Crippen MR) is 103 cm³/mol. The minimum atomic E-state index is -3.59. The molecule has 10 heteroatoms. The Morgan fingerprint density at radius 2 is 1.97 bits per heavy atom. The molecule has 2 aliphatic rings. The molecule has 3 aromatic rings. The zero-order valence-electron chi connectivity index (χ0n) is 15.9. The first-order chi connectivity index (χ1) is 14.0. The summed E-state index contributed by atoms with van der Waals surface area (Å²) in [6.45, 7) is 0.713. The molecule has 3 heterocycles. The van der Waals surface area contributed by atoms with E-state index < -0.39 is 10.0 Å². The highest BCUT2D eigenvalue weighted by Crippen LogP contribution is 2.39. The summed E-state index contributed by atoms with van der Waals surface area (Å²) in [7, 11) is -1.85. The SMILES string of the molecule is Cn1cnc(S(=O)(=O)N2CCC(Oc3ccc(-c4noc(C5CC5)n4)cc3)C2)c1. The van der Waals surface area contributed by atoms with Crippen molar-refractivity contribution in [3.8, 4) is 17.1 Å². The summed E-state index contributed by atoms with van der Waals surface area (Å²) in [5.41, 5.74) is 0.860. The van der Waals surface area contributed by atoms with E-state index in [2.05, 4.69) is 15.1 Å². The molecule has 1 atom stereocenters. The molecule has 0 spiro atoms. The molecule has 5 rings (SSSR count). The first kappa shape index (κ1) is 18.3. The van der Waals surface area contributed by atoms with Gasteiger partial charge in [0.1, 0.15) is 11.9 Å². The summed E-state index contributed by atoms with van der Waals surface area (Å²) in [6.07, 6.45) is 5.64. The molecule has 0 N–H and O–H groups in total.